The first-order chi connectivity index (χ1) is 9.22. The van der Waals surface area contributed by atoms with Crippen molar-refractivity contribution in [2.24, 2.45) is 0 Å². The van der Waals surface area contributed by atoms with Gasteiger partial charge in [0.2, 0.25) is 0 Å². The van der Waals surface area contributed by atoms with Gasteiger partial charge in [-0.2, -0.15) is 0 Å². The van der Waals surface area contributed by atoms with Crippen molar-refractivity contribution >= 4 is 17.5 Å². The Morgan fingerprint density at radius 3 is 2.84 bits per heavy atom. The molecule has 4 heteroatoms. The Balaban J connectivity index is 1.64. The fourth-order valence-corrected chi connectivity index (χ4v) is 3.05. The van der Waals surface area contributed by atoms with Crippen LogP contribution in [-0.2, 0) is 6.42 Å². The highest BCUT2D eigenvalue weighted by molar-refractivity contribution is 6.20. The molecule has 1 N–H and O–H groups in total. The predicted molar refractivity (Wildman–Crippen MR) is 75.0 cm³/mol. The molecule has 1 aliphatic carbocycles. The van der Waals surface area contributed by atoms with Crippen molar-refractivity contribution in [1.82, 2.24) is 5.32 Å². The number of rotatable bonds is 2. The third-order valence-corrected chi connectivity index (χ3v) is 4.38. The van der Waals surface area contributed by atoms with Gasteiger partial charge in [0.15, 0.2) is 0 Å². The summed E-state index contributed by atoms with van der Waals surface area (Å²) in [5, 5.41) is 3.39. The fraction of sp³-hybridized carbons (Fsp3) is 0.533. The topological polar surface area (TPSA) is 38.3 Å². The molecule has 19 heavy (non-hydrogen) atoms. The van der Waals surface area contributed by atoms with Gasteiger partial charge in [0, 0.05) is 23.4 Å². The molecule has 1 amide bonds. The van der Waals surface area contributed by atoms with E-state index in [-0.39, 0.29) is 17.3 Å². The van der Waals surface area contributed by atoms with Crippen molar-refractivity contribution in [3.05, 3.63) is 29.3 Å². The number of nitrogens with one attached hydrogen (secondary N) is 1. The molecule has 2 aliphatic rings. The molecule has 102 valence electrons. The highest BCUT2D eigenvalue weighted by atomic mass is 35.5. The average Bonchev–Trinajstić information content (AvgIpc) is 2.88. The van der Waals surface area contributed by atoms with Crippen LogP contribution < -0.4 is 10.1 Å². The Bertz CT molecular complexity index is 481. The third-order valence-electron chi connectivity index (χ3n) is 3.94. The monoisotopic (exact) mass is 279 g/mol. The summed E-state index contributed by atoms with van der Waals surface area (Å²) in [5.41, 5.74) is 1.87. The van der Waals surface area contributed by atoms with Crippen LogP contribution in [0.15, 0.2) is 18.2 Å². The van der Waals surface area contributed by atoms with E-state index >= 15 is 0 Å². The van der Waals surface area contributed by atoms with Crippen LogP contribution in [0.3, 0.4) is 0 Å². The van der Waals surface area contributed by atoms with Gasteiger partial charge in [-0.15, -0.1) is 11.6 Å². The van der Waals surface area contributed by atoms with Gasteiger partial charge in [-0.25, -0.2) is 0 Å². The van der Waals surface area contributed by atoms with E-state index in [9.17, 15) is 4.79 Å². The molecule has 3 nitrogen and oxygen atoms in total. The number of fused-ring (bicyclic) bond motifs is 1. The Kier molecular flexibility index (Phi) is 3.65. The Labute approximate surface area is 118 Å². The maximum atomic E-state index is 12.2. The third kappa shape index (κ3) is 2.86. The second kappa shape index (κ2) is 5.41. The molecule has 3 rings (SSSR count). The summed E-state index contributed by atoms with van der Waals surface area (Å²) in [6.07, 6.45) is 4.84. The SMILES string of the molecule is O=C(NC1CCC(Cl)CC1)c1ccc2c(c1)CCO2. The summed E-state index contributed by atoms with van der Waals surface area (Å²) >= 11 is 6.07. The lowest BCUT2D eigenvalue weighted by Gasteiger charge is -2.25. The lowest BCUT2D eigenvalue weighted by molar-refractivity contribution is 0.0928. The largest absolute Gasteiger partial charge is 0.493 e. The molecule has 0 saturated heterocycles. The number of carbonyl (C=O) groups is 1. The van der Waals surface area contributed by atoms with Crippen LogP contribution in [0.5, 0.6) is 5.75 Å². The van der Waals surface area contributed by atoms with E-state index in [0.717, 1.165) is 55.6 Å². The summed E-state index contributed by atoms with van der Waals surface area (Å²) in [4.78, 5) is 12.2. The summed E-state index contributed by atoms with van der Waals surface area (Å²) in [6.45, 7) is 0.722. The zero-order valence-electron chi connectivity index (χ0n) is 10.8. The van der Waals surface area contributed by atoms with Gasteiger partial charge in [0.05, 0.1) is 6.61 Å². The first kappa shape index (κ1) is 12.8. The molecule has 1 heterocycles. The molecule has 0 bridgehead atoms. The Hall–Kier alpha value is -1.22. The van der Waals surface area contributed by atoms with Crippen molar-refractivity contribution in [3.8, 4) is 5.75 Å². The van der Waals surface area contributed by atoms with Crippen LogP contribution >= 0.6 is 11.6 Å². The number of hydrogen-bond donors (Lipinski definition) is 1. The summed E-state index contributed by atoms with van der Waals surface area (Å²) < 4.78 is 5.45. The van der Waals surface area contributed by atoms with Gasteiger partial charge >= 0.3 is 0 Å². The minimum atomic E-state index is 0.0210. The molecular formula is C15H18ClNO2. The normalized spacial score (nSPS) is 25.5. The zero-order chi connectivity index (χ0) is 13.2. The van der Waals surface area contributed by atoms with Crippen LogP contribution in [0, 0.1) is 0 Å². The number of hydrogen-bond acceptors (Lipinski definition) is 2. The van der Waals surface area contributed by atoms with Crippen LogP contribution in [0.25, 0.3) is 0 Å². The lowest BCUT2D eigenvalue weighted by Crippen LogP contribution is -2.37. The second-order valence-corrected chi connectivity index (χ2v) is 5.96. The standard InChI is InChI=1S/C15H18ClNO2/c16-12-2-4-13(5-3-12)17-15(18)11-1-6-14-10(9-11)7-8-19-14/h1,6,9,12-13H,2-5,7-8H2,(H,17,18). The van der Waals surface area contributed by atoms with Crippen molar-refractivity contribution in [3.63, 3.8) is 0 Å². The van der Waals surface area contributed by atoms with E-state index in [0.29, 0.717) is 0 Å². The predicted octanol–water partition coefficient (Wildman–Crippen LogP) is 2.90. The van der Waals surface area contributed by atoms with E-state index in [1.54, 1.807) is 0 Å². The second-order valence-electron chi connectivity index (χ2n) is 5.34. The van der Waals surface area contributed by atoms with E-state index in [2.05, 4.69) is 5.32 Å². The smallest absolute Gasteiger partial charge is 0.251 e. The molecule has 1 saturated carbocycles. The van der Waals surface area contributed by atoms with E-state index in [1.807, 2.05) is 18.2 Å². The van der Waals surface area contributed by atoms with Crippen molar-refractivity contribution in [2.45, 2.75) is 43.5 Å². The average molecular weight is 280 g/mol. The van der Waals surface area contributed by atoms with Crippen LogP contribution in [-0.4, -0.2) is 23.9 Å². The number of ether oxygens (including phenoxy) is 1. The maximum absolute atomic E-state index is 12.2. The number of halogens is 1. The van der Waals surface area contributed by atoms with Crippen molar-refractivity contribution in [2.75, 3.05) is 6.61 Å². The van der Waals surface area contributed by atoms with Crippen LogP contribution in [0.1, 0.15) is 41.6 Å². The minimum absolute atomic E-state index is 0.0210. The lowest BCUT2D eigenvalue weighted by atomic mass is 9.94. The highest BCUT2D eigenvalue weighted by Gasteiger charge is 2.22. The number of carbonyl (C=O) groups excluding carboxylic acids is 1. The number of benzene rings is 1. The van der Waals surface area contributed by atoms with Crippen LogP contribution in [0.2, 0.25) is 0 Å². The summed E-state index contributed by atoms with van der Waals surface area (Å²) in [5.74, 6) is 0.937. The van der Waals surface area contributed by atoms with E-state index in [4.69, 9.17) is 16.3 Å². The Morgan fingerprint density at radius 1 is 1.26 bits per heavy atom. The van der Waals surface area contributed by atoms with E-state index < -0.39 is 0 Å². The van der Waals surface area contributed by atoms with E-state index in [1.165, 1.54) is 0 Å². The molecule has 1 aromatic carbocycles. The molecule has 0 spiro atoms. The molecule has 0 unspecified atom stereocenters. The molecule has 0 atom stereocenters. The van der Waals surface area contributed by atoms with Crippen LogP contribution in [0.4, 0.5) is 0 Å². The van der Waals surface area contributed by atoms with Gasteiger partial charge in [0.1, 0.15) is 5.75 Å². The molecule has 1 fully saturated rings. The number of amides is 1. The highest BCUT2D eigenvalue weighted by Crippen LogP contribution is 2.26. The van der Waals surface area contributed by atoms with Gasteiger partial charge < -0.3 is 10.1 Å². The van der Waals surface area contributed by atoms with Crippen molar-refractivity contribution < 1.29 is 9.53 Å². The fourth-order valence-electron chi connectivity index (χ4n) is 2.79. The van der Waals surface area contributed by atoms with Gasteiger partial charge in [-0.05, 0) is 49.4 Å². The zero-order valence-corrected chi connectivity index (χ0v) is 11.6. The molecule has 0 aromatic heterocycles. The van der Waals surface area contributed by atoms with Crippen molar-refractivity contribution in [1.29, 1.82) is 0 Å². The first-order valence-electron chi connectivity index (χ1n) is 6.93. The molecule has 0 radical (unpaired) electrons. The van der Waals surface area contributed by atoms with Gasteiger partial charge in [0.25, 0.3) is 5.91 Å². The summed E-state index contributed by atoms with van der Waals surface area (Å²) in [6, 6.07) is 5.96. The van der Waals surface area contributed by atoms with Gasteiger partial charge in [-0.3, -0.25) is 4.79 Å². The summed E-state index contributed by atoms with van der Waals surface area (Å²) in [7, 11) is 0. The quantitative estimate of drug-likeness (QED) is 0.846. The minimum Gasteiger partial charge on any atom is -0.493 e. The van der Waals surface area contributed by atoms with Gasteiger partial charge in [-0.1, -0.05) is 0 Å². The Morgan fingerprint density at radius 2 is 2.05 bits per heavy atom. The maximum Gasteiger partial charge on any atom is 0.251 e. The number of alkyl halides is 1. The molecule has 1 aliphatic heterocycles. The first-order valence-corrected chi connectivity index (χ1v) is 7.36. The molecular weight excluding hydrogens is 262 g/mol. The molecule has 1 aromatic rings.